The topological polar surface area (TPSA) is 28.9 Å². The predicted octanol–water partition coefficient (Wildman–Crippen LogP) is 9.96. The van der Waals surface area contributed by atoms with E-state index in [4.69, 9.17) is 9.15 Å². The molecule has 0 saturated carbocycles. The molecule has 0 saturated heterocycles. The first-order chi connectivity index (χ1) is 24.3. The zero-order valence-electron chi connectivity index (χ0n) is 26.4. The number of fused-ring (bicyclic) bond motifs is 7. The van der Waals surface area contributed by atoms with Crippen LogP contribution in [0.4, 0.5) is 34.1 Å². The van der Waals surface area contributed by atoms with Crippen LogP contribution >= 0.6 is 0 Å². The van der Waals surface area contributed by atoms with Gasteiger partial charge in [-0.2, -0.15) is 0 Å². The monoisotopic (exact) mass is 626 g/mol. The van der Waals surface area contributed by atoms with Crippen LogP contribution in [0.5, 0.6) is 11.5 Å². The minimum atomic E-state index is -0.00886. The molecule has 0 bridgehead atoms. The first kappa shape index (κ1) is 26.6. The number of benzene rings is 7. The molecule has 1 aromatic heterocycles. The van der Waals surface area contributed by atoms with E-state index in [9.17, 15) is 0 Å². The lowest BCUT2D eigenvalue weighted by atomic mass is 9.33. The summed E-state index contributed by atoms with van der Waals surface area (Å²) in [7, 11) is 0. The standard InChI is InChI=1S/C44H27BN2O2/c1-2-10-28(11-3-1)29-20-23-32(24-21-29)46-35-25-22-31(42-27-30-12-4-6-17-39(30)48-42)26-34(35)45-33-13-8-19-41-44(33)47(36-14-5-7-18-40(36)49-41)38-16-9-15-37(46)43(38)45/h1-27H. The minimum absolute atomic E-state index is 0.00886. The first-order valence-corrected chi connectivity index (χ1v) is 16.7. The van der Waals surface area contributed by atoms with Crippen LogP contribution in [0.25, 0.3) is 33.4 Å². The number of hydrogen-bond donors (Lipinski definition) is 0. The quantitative estimate of drug-likeness (QED) is 0.183. The molecule has 4 heterocycles. The number of furan rings is 1. The fourth-order valence-electron chi connectivity index (χ4n) is 8.12. The Hall–Kier alpha value is -6.46. The molecular weight excluding hydrogens is 599 g/mol. The maximum absolute atomic E-state index is 6.57. The smallest absolute Gasteiger partial charge is 0.252 e. The summed E-state index contributed by atoms with van der Waals surface area (Å²) in [6.45, 7) is -0.00886. The van der Waals surface area contributed by atoms with Gasteiger partial charge in [0.15, 0.2) is 11.5 Å². The van der Waals surface area contributed by atoms with Crippen LogP contribution in [0.15, 0.2) is 168 Å². The summed E-state index contributed by atoms with van der Waals surface area (Å²) in [5, 5.41) is 1.10. The third kappa shape index (κ3) is 3.81. The SMILES string of the molecule is c1ccc(-c2ccc(N3c4ccc(-c5cc6ccccc6o5)cc4B4c5cccc6c5N(c5ccccc5O6)c5cccc3c54)cc2)cc1. The van der Waals surface area contributed by atoms with Crippen molar-refractivity contribution in [2.75, 3.05) is 9.80 Å². The molecule has 0 radical (unpaired) electrons. The second kappa shape index (κ2) is 10.0. The number of anilines is 6. The molecule has 228 valence electrons. The summed E-state index contributed by atoms with van der Waals surface area (Å²) in [5.74, 6) is 2.60. The van der Waals surface area contributed by atoms with Crippen LogP contribution in [0, 0.1) is 0 Å². The van der Waals surface area contributed by atoms with Crippen LogP contribution in [-0.2, 0) is 0 Å². The average Bonchev–Trinajstić information content (AvgIpc) is 3.61. The van der Waals surface area contributed by atoms with E-state index in [-0.39, 0.29) is 6.71 Å². The fourth-order valence-corrected chi connectivity index (χ4v) is 8.12. The van der Waals surface area contributed by atoms with Gasteiger partial charge in [-0.15, -0.1) is 0 Å². The van der Waals surface area contributed by atoms with Gasteiger partial charge in [-0.3, -0.25) is 0 Å². The molecule has 0 atom stereocenters. The number of para-hydroxylation sites is 4. The van der Waals surface area contributed by atoms with Gasteiger partial charge in [-0.25, -0.2) is 0 Å². The fraction of sp³-hybridized carbons (Fsp3) is 0. The van der Waals surface area contributed by atoms with Crippen LogP contribution < -0.4 is 30.9 Å². The van der Waals surface area contributed by atoms with E-state index in [1.54, 1.807) is 0 Å². The molecular formula is C44H27BN2O2. The summed E-state index contributed by atoms with van der Waals surface area (Å²) in [6.07, 6.45) is 0. The summed E-state index contributed by atoms with van der Waals surface area (Å²) in [4.78, 5) is 4.84. The first-order valence-electron chi connectivity index (χ1n) is 16.7. The zero-order chi connectivity index (χ0) is 32.1. The van der Waals surface area contributed by atoms with E-state index in [1.807, 2.05) is 18.2 Å². The maximum atomic E-state index is 6.57. The van der Waals surface area contributed by atoms with Gasteiger partial charge in [0.2, 0.25) is 0 Å². The average molecular weight is 627 g/mol. The van der Waals surface area contributed by atoms with Gasteiger partial charge < -0.3 is 19.0 Å². The second-order valence-corrected chi connectivity index (χ2v) is 12.9. The summed E-state index contributed by atoms with van der Waals surface area (Å²) in [6, 6.07) is 58.3. The maximum Gasteiger partial charge on any atom is 0.252 e. The van der Waals surface area contributed by atoms with Crippen LogP contribution in [0.2, 0.25) is 0 Å². The van der Waals surface area contributed by atoms with E-state index < -0.39 is 0 Å². The highest BCUT2D eigenvalue weighted by Crippen LogP contribution is 2.52. The van der Waals surface area contributed by atoms with Gasteiger partial charge in [0.25, 0.3) is 6.71 Å². The largest absolute Gasteiger partial charge is 0.456 e. The lowest BCUT2D eigenvalue weighted by Crippen LogP contribution is -2.61. The molecule has 4 nitrogen and oxygen atoms in total. The van der Waals surface area contributed by atoms with Gasteiger partial charge in [-0.05, 0) is 94.2 Å². The Balaban J connectivity index is 1.17. The molecule has 0 spiro atoms. The van der Waals surface area contributed by atoms with E-state index >= 15 is 0 Å². The van der Waals surface area contributed by atoms with Crippen molar-refractivity contribution in [2.45, 2.75) is 0 Å². The Morgan fingerprint density at radius 1 is 0.449 bits per heavy atom. The molecule has 0 amide bonds. The van der Waals surface area contributed by atoms with Gasteiger partial charge in [0, 0.05) is 33.7 Å². The molecule has 8 aromatic rings. The molecule has 49 heavy (non-hydrogen) atoms. The Bertz CT molecular complexity index is 2580. The van der Waals surface area contributed by atoms with Crippen molar-refractivity contribution in [3.8, 4) is 33.9 Å². The molecule has 11 rings (SSSR count). The van der Waals surface area contributed by atoms with Crippen molar-refractivity contribution in [2.24, 2.45) is 0 Å². The molecule has 3 aliphatic rings. The van der Waals surface area contributed by atoms with E-state index in [0.717, 1.165) is 56.5 Å². The van der Waals surface area contributed by atoms with Gasteiger partial charge in [-0.1, -0.05) is 97.1 Å². The highest BCUT2D eigenvalue weighted by molar-refractivity contribution is 7.00. The predicted molar refractivity (Wildman–Crippen MR) is 201 cm³/mol. The number of nitrogens with zero attached hydrogens (tertiary/aromatic N) is 2. The van der Waals surface area contributed by atoms with E-state index in [0.29, 0.717) is 0 Å². The second-order valence-electron chi connectivity index (χ2n) is 12.9. The summed E-state index contributed by atoms with van der Waals surface area (Å²) in [5.41, 5.74) is 14.9. The van der Waals surface area contributed by atoms with Crippen LogP contribution in [0.1, 0.15) is 0 Å². The highest BCUT2D eigenvalue weighted by atomic mass is 16.5. The van der Waals surface area contributed by atoms with Crippen molar-refractivity contribution >= 4 is 68.2 Å². The third-order valence-electron chi connectivity index (χ3n) is 10.2. The Labute approximate surface area is 284 Å². The molecule has 5 heteroatoms. The Morgan fingerprint density at radius 2 is 1.14 bits per heavy atom. The van der Waals surface area contributed by atoms with E-state index in [1.165, 1.54) is 38.9 Å². The van der Waals surface area contributed by atoms with Crippen LogP contribution in [0.3, 0.4) is 0 Å². The van der Waals surface area contributed by atoms with Gasteiger partial charge >= 0.3 is 0 Å². The normalized spacial score (nSPS) is 13.3. The third-order valence-corrected chi connectivity index (χ3v) is 10.2. The van der Waals surface area contributed by atoms with Crippen molar-refractivity contribution in [3.63, 3.8) is 0 Å². The lowest BCUT2D eigenvalue weighted by Gasteiger charge is -2.45. The van der Waals surface area contributed by atoms with Crippen LogP contribution in [-0.4, -0.2) is 6.71 Å². The molecule has 3 aliphatic heterocycles. The van der Waals surface area contributed by atoms with Gasteiger partial charge in [0.05, 0.1) is 11.4 Å². The lowest BCUT2D eigenvalue weighted by molar-refractivity contribution is 0.477. The number of ether oxygens (including phenoxy) is 1. The summed E-state index contributed by atoms with van der Waals surface area (Å²) < 4.78 is 13.0. The molecule has 0 fully saturated rings. The molecule has 7 aromatic carbocycles. The van der Waals surface area contributed by atoms with Crippen molar-refractivity contribution < 1.29 is 9.15 Å². The van der Waals surface area contributed by atoms with Crippen molar-refractivity contribution in [1.29, 1.82) is 0 Å². The molecule has 0 unspecified atom stereocenters. The zero-order valence-corrected chi connectivity index (χ0v) is 26.4. The Morgan fingerprint density at radius 3 is 2.02 bits per heavy atom. The highest BCUT2D eigenvalue weighted by Gasteiger charge is 2.45. The molecule has 0 aliphatic carbocycles. The Kier molecular flexibility index (Phi) is 5.44. The number of hydrogen-bond acceptors (Lipinski definition) is 4. The number of rotatable bonds is 3. The van der Waals surface area contributed by atoms with Crippen molar-refractivity contribution in [3.05, 3.63) is 164 Å². The van der Waals surface area contributed by atoms with E-state index in [2.05, 4.69) is 155 Å². The minimum Gasteiger partial charge on any atom is -0.456 e. The molecule has 0 N–H and O–H groups in total. The van der Waals surface area contributed by atoms with Crippen molar-refractivity contribution in [1.82, 2.24) is 0 Å². The van der Waals surface area contributed by atoms with Gasteiger partial charge in [0.1, 0.15) is 11.3 Å². The summed E-state index contributed by atoms with van der Waals surface area (Å²) >= 11 is 0.